The highest BCUT2D eigenvalue weighted by Gasteiger charge is 2.24. The Balaban J connectivity index is 2.32. The van der Waals surface area contributed by atoms with Gasteiger partial charge in [-0.05, 0) is 26.1 Å². The van der Waals surface area contributed by atoms with Crippen molar-refractivity contribution in [1.29, 1.82) is 0 Å². The van der Waals surface area contributed by atoms with E-state index in [-0.39, 0.29) is 5.97 Å². The van der Waals surface area contributed by atoms with Crippen LogP contribution >= 0.6 is 0 Å². The molecule has 2 N–H and O–H groups in total. The molecule has 0 radical (unpaired) electrons. The minimum Gasteiger partial charge on any atom is -0.465 e. The zero-order chi connectivity index (χ0) is 14.0. The van der Waals surface area contributed by atoms with E-state index >= 15 is 0 Å². The van der Waals surface area contributed by atoms with Crippen molar-refractivity contribution in [1.82, 2.24) is 4.90 Å². The van der Waals surface area contributed by atoms with Crippen molar-refractivity contribution < 1.29 is 9.53 Å². The van der Waals surface area contributed by atoms with Crippen LogP contribution in [0.3, 0.4) is 0 Å². The molecule has 19 heavy (non-hydrogen) atoms. The molecule has 5 heteroatoms. The van der Waals surface area contributed by atoms with Gasteiger partial charge in [-0.15, -0.1) is 0 Å². The first-order valence-electron chi connectivity index (χ1n) is 6.46. The molecule has 1 heterocycles. The smallest absolute Gasteiger partial charge is 0.340 e. The van der Waals surface area contributed by atoms with E-state index in [1.165, 1.54) is 7.11 Å². The fourth-order valence-electron chi connectivity index (χ4n) is 2.59. The van der Waals surface area contributed by atoms with Crippen molar-refractivity contribution >= 4 is 17.3 Å². The van der Waals surface area contributed by atoms with Crippen molar-refractivity contribution in [2.45, 2.75) is 13.0 Å². The number of anilines is 2. The number of benzene rings is 1. The molecule has 1 saturated heterocycles. The van der Waals surface area contributed by atoms with Gasteiger partial charge in [0.05, 0.1) is 24.0 Å². The van der Waals surface area contributed by atoms with Gasteiger partial charge in [0.2, 0.25) is 0 Å². The molecule has 1 aromatic carbocycles. The largest absolute Gasteiger partial charge is 0.465 e. The third-order valence-electron chi connectivity index (χ3n) is 3.63. The predicted octanol–water partition coefficient (Wildman–Crippen LogP) is 1.20. The number of likely N-dealkylation sites (N-methyl/N-ethyl adjacent to an activating group) is 1. The first-order chi connectivity index (χ1) is 9.04. The normalized spacial score (nSPS) is 20.4. The second-order valence-electron chi connectivity index (χ2n) is 5.03. The number of carbonyl (C=O) groups excluding carboxylic acids is 1. The van der Waals surface area contributed by atoms with E-state index in [0.717, 1.165) is 25.3 Å². The average molecular weight is 263 g/mol. The highest BCUT2D eigenvalue weighted by atomic mass is 16.5. The first kappa shape index (κ1) is 13.7. The van der Waals surface area contributed by atoms with E-state index in [1.807, 2.05) is 12.1 Å². The number of nitrogens with zero attached hydrogens (tertiary/aromatic N) is 2. The Bertz CT molecular complexity index is 476. The molecule has 1 aromatic rings. The SMILES string of the molecule is COC(=O)c1cccc(N2CCN(C)CC2C)c1N. The van der Waals surface area contributed by atoms with Crippen molar-refractivity contribution in [2.24, 2.45) is 0 Å². The van der Waals surface area contributed by atoms with Crippen LogP contribution in [0.5, 0.6) is 0 Å². The molecule has 0 aliphatic carbocycles. The fraction of sp³-hybridized carbons (Fsp3) is 0.500. The maximum atomic E-state index is 11.7. The van der Waals surface area contributed by atoms with Crippen molar-refractivity contribution in [2.75, 3.05) is 44.4 Å². The number of nitrogen functional groups attached to an aromatic ring is 1. The average Bonchev–Trinajstić information content (AvgIpc) is 2.39. The van der Waals surface area contributed by atoms with Gasteiger partial charge in [-0.25, -0.2) is 4.79 Å². The number of carbonyl (C=O) groups is 1. The van der Waals surface area contributed by atoms with Gasteiger partial charge in [0.15, 0.2) is 0 Å². The number of hydrogen-bond acceptors (Lipinski definition) is 5. The lowest BCUT2D eigenvalue weighted by Gasteiger charge is -2.40. The van der Waals surface area contributed by atoms with Gasteiger partial charge in [-0.1, -0.05) is 6.07 Å². The molecule has 0 spiro atoms. The fourth-order valence-corrected chi connectivity index (χ4v) is 2.59. The lowest BCUT2D eigenvalue weighted by atomic mass is 10.1. The summed E-state index contributed by atoms with van der Waals surface area (Å²) in [5.41, 5.74) is 7.99. The lowest BCUT2D eigenvalue weighted by Crippen LogP contribution is -2.50. The summed E-state index contributed by atoms with van der Waals surface area (Å²) in [5.74, 6) is -0.388. The van der Waals surface area contributed by atoms with Gasteiger partial charge >= 0.3 is 5.97 Å². The van der Waals surface area contributed by atoms with Crippen LogP contribution in [0.2, 0.25) is 0 Å². The van der Waals surface area contributed by atoms with E-state index in [0.29, 0.717) is 17.3 Å². The molecule has 0 aromatic heterocycles. The number of methoxy groups -OCH3 is 1. The van der Waals surface area contributed by atoms with Crippen LogP contribution in [0.4, 0.5) is 11.4 Å². The van der Waals surface area contributed by atoms with Crippen molar-refractivity contribution in [3.05, 3.63) is 23.8 Å². The van der Waals surface area contributed by atoms with Gasteiger partial charge in [-0.2, -0.15) is 0 Å². The van der Waals surface area contributed by atoms with E-state index < -0.39 is 0 Å². The maximum absolute atomic E-state index is 11.7. The zero-order valence-electron chi connectivity index (χ0n) is 11.7. The van der Waals surface area contributed by atoms with Crippen LogP contribution in [-0.4, -0.2) is 50.7 Å². The van der Waals surface area contributed by atoms with Gasteiger partial charge in [0.1, 0.15) is 0 Å². The van der Waals surface area contributed by atoms with E-state index in [4.69, 9.17) is 10.5 Å². The standard InChI is InChI=1S/C14H21N3O2/c1-10-9-16(2)7-8-17(10)12-6-4-5-11(13(12)15)14(18)19-3/h4-6,10H,7-9,15H2,1-3H3. The summed E-state index contributed by atoms with van der Waals surface area (Å²) in [6, 6.07) is 5.88. The van der Waals surface area contributed by atoms with Gasteiger partial charge < -0.3 is 20.3 Å². The summed E-state index contributed by atoms with van der Waals surface area (Å²) in [6.07, 6.45) is 0. The predicted molar refractivity (Wildman–Crippen MR) is 76.5 cm³/mol. The van der Waals surface area contributed by atoms with Crippen LogP contribution in [0, 0.1) is 0 Å². The molecule has 0 bridgehead atoms. The van der Waals surface area contributed by atoms with Crippen LogP contribution in [0.15, 0.2) is 18.2 Å². The van der Waals surface area contributed by atoms with Gasteiger partial charge in [0.25, 0.3) is 0 Å². The molecule has 0 saturated carbocycles. The summed E-state index contributed by atoms with van der Waals surface area (Å²) in [7, 11) is 3.48. The monoisotopic (exact) mass is 263 g/mol. The molecular weight excluding hydrogens is 242 g/mol. The molecule has 1 fully saturated rings. The van der Waals surface area contributed by atoms with Crippen LogP contribution in [0.1, 0.15) is 17.3 Å². The molecule has 1 unspecified atom stereocenters. The number of piperazine rings is 1. The summed E-state index contributed by atoms with van der Waals surface area (Å²) in [5, 5.41) is 0. The number of nitrogens with two attached hydrogens (primary N) is 1. The van der Waals surface area contributed by atoms with Crippen molar-refractivity contribution in [3.8, 4) is 0 Å². The second-order valence-corrected chi connectivity index (χ2v) is 5.03. The lowest BCUT2D eigenvalue weighted by molar-refractivity contribution is 0.0602. The molecule has 2 rings (SSSR count). The van der Waals surface area contributed by atoms with Crippen LogP contribution < -0.4 is 10.6 Å². The highest BCUT2D eigenvalue weighted by Crippen LogP contribution is 2.29. The summed E-state index contributed by atoms with van der Waals surface area (Å²) >= 11 is 0. The molecule has 1 atom stereocenters. The van der Waals surface area contributed by atoms with E-state index in [1.54, 1.807) is 6.07 Å². The number of ether oxygens (including phenoxy) is 1. The summed E-state index contributed by atoms with van der Waals surface area (Å²) < 4.78 is 4.76. The minimum atomic E-state index is -0.388. The Morgan fingerprint density at radius 1 is 1.42 bits per heavy atom. The highest BCUT2D eigenvalue weighted by molar-refractivity contribution is 5.98. The molecule has 0 amide bonds. The molecule has 1 aliphatic heterocycles. The Morgan fingerprint density at radius 3 is 2.79 bits per heavy atom. The maximum Gasteiger partial charge on any atom is 0.340 e. The Morgan fingerprint density at radius 2 is 2.16 bits per heavy atom. The first-order valence-corrected chi connectivity index (χ1v) is 6.46. The Labute approximate surface area is 113 Å². The number of para-hydroxylation sites is 1. The molecule has 1 aliphatic rings. The topological polar surface area (TPSA) is 58.8 Å². The quantitative estimate of drug-likeness (QED) is 0.641. The molecular formula is C14H21N3O2. The third kappa shape index (κ3) is 2.66. The van der Waals surface area contributed by atoms with Crippen molar-refractivity contribution in [3.63, 3.8) is 0 Å². The summed E-state index contributed by atoms with van der Waals surface area (Å²) in [6.45, 7) is 5.06. The molecule has 5 nitrogen and oxygen atoms in total. The summed E-state index contributed by atoms with van der Waals surface area (Å²) in [4.78, 5) is 16.2. The molecule has 104 valence electrons. The van der Waals surface area contributed by atoms with E-state index in [9.17, 15) is 4.79 Å². The van der Waals surface area contributed by atoms with Crippen LogP contribution in [-0.2, 0) is 4.74 Å². The zero-order valence-corrected chi connectivity index (χ0v) is 11.7. The van der Waals surface area contributed by atoms with E-state index in [2.05, 4.69) is 23.8 Å². The second kappa shape index (κ2) is 5.48. The Hall–Kier alpha value is -1.75. The van der Waals surface area contributed by atoms with Crippen LogP contribution in [0.25, 0.3) is 0 Å². The Kier molecular flexibility index (Phi) is 3.95. The van der Waals surface area contributed by atoms with Gasteiger partial charge in [0, 0.05) is 25.7 Å². The number of rotatable bonds is 2. The van der Waals surface area contributed by atoms with Gasteiger partial charge in [-0.3, -0.25) is 0 Å². The number of hydrogen-bond donors (Lipinski definition) is 1. The number of esters is 1. The third-order valence-corrected chi connectivity index (χ3v) is 3.63. The minimum absolute atomic E-state index is 0.369.